The number of fused-ring (bicyclic) bond motifs is 3. The number of hydrogen-bond donors (Lipinski definition) is 1. The van der Waals surface area contributed by atoms with Gasteiger partial charge >= 0.3 is 0 Å². The first-order valence-electron chi connectivity index (χ1n) is 9.68. The maximum atomic E-state index is 12.8. The highest BCUT2D eigenvalue weighted by atomic mass is 16.3. The van der Waals surface area contributed by atoms with E-state index in [9.17, 15) is 9.59 Å². The minimum atomic E-state index is -0.381. The van der Waals surface area contributed by atoms with Gasteiger partial charge in [0.15, 0.2) is 0 Å². The fourth-order valence-electron chi connectivity index (χ4n) is 4.03. The third-order valence-corrected chi connectivity index (χ3v) is 5.55. The van der Waals surface area contributed by atoms with Crippen LogP contribution in [0, 0.1) is 12.8 Å². The Hall–Kier alpha value is -3.60. The lowest BCUT2D eigenvalue weighted by Crippen LogP contribution is -2.28. The van der Waals surface area contributed by atoms with E-state index >= 15 is 0 Å². The number of nitrogens with zero attached hydrogens (tertiary/aromatic N) is 1. The summed E-state index contributed by atoms with van der Waals surface area (Å²) < 4.78 is 5.89. The lowest BCUT2D eigenvalue weighted by molar-refractivity contribution is -0.122. The van der Waals surface area contributed by atoms with Crippen LogP contribution in [0.25, 0.3) is 21.9 Å². The van der Waals surface area contributed by atoms with Gasteiger partial charge in [-0.3, -0.25) is 9.59 Å². The van der Waals surface area contributed by atoms with Gasteiger partial charge in [-0.2, -0.15) is 0 Å². The quantitative estimate of drug-likeness (QED) is 0.547. The van der Waals surface area contributed by atoms with Gasteiger partial charge in [0.1, 0.15) is 11.2 Å². The van der Waals surface area contributed by atoms with Crippen LogP contribution in [0.3, 0.4) is 0 Å². The van der Waals surface area contributed by atoms with Crippen LogP contribution in [0.1, 0.15) is 12.0 Å². The largest absolute Gasteiger partial charge is 0.456 e. The minimum Gasteiger partial charge on any atom is -0.456 e. The number of carbonyl (C=O) groups is 2. The highest BCUT2D eigenvalue weighted by Crippen LogP contribution is 2.31. The van der Waals surface area contributed by atoms with Gasteiger partial charge in [-0.15, -0.1) is 0 Å². The molecule has 144 valence electrons. The molecule has 1 N–H and O–H groups in total. The maximum Gasteiger partial charge on any atom is 0.229 e. The molecule has 5 rings (SSSR count). The number of para-hydroxylation sites is 2. The Morgan fingerprint density at radius 2 is 1.76 bits per heavy atom. The van der Waals surface area contributed by atoms with Crippen LogP contribution in [0.2, 0.25) is 0 Å². The number of carbonyl (C=O) groups excluding carboxylic acids is 2. The molecule has 3 aromatic carbocycles. The third-order valence-electron chi connectivity index (χ3n) is 5.55. The van der Waals surface area contributed by atoms with Crippen molar-refractivity contribution in [1.29, 1.82) is 0 Å². The smallest absolute Gasteiger partial charge is 0.229 e. The van der Waals surface area contributed by atoms with Crippen molar-refractivity contribution >= 4 is 45.1 Å². The van der Waals surface area contributed by atoms with Gasteiger partial charge in [0, 0.05) is 41.2 Å². The maximum absolute atomic E-state index is 12.8. The molecule has 0 unspecified atom stereocenters. The number of nitrogens with one attached hydrogen (secondary N) is 1. The molecular formula is C24H20N2O3. The standard InChI is InChI=1S/C24H20N2O3/c1-15-6-2-4-8-20(15)26-14-16(12-23(26)27)24(28)25-17-10-11-19-18-7-3-5-9-21(18)29-22(19)13-17/h2-11,13,16H,12,14H2,1H3,(H,25,28)/t16-/m0/s1. The Bertz CT molecular complexity index is 1260. The van der Waals surface area contributed by atoms with E-state index in [-0.39, 0.29) is 24.2 Å². The van der Waals surface area contributed by atoms with E-state index in [1.165, 1.54) is 0 Å². The fraction of sp³-hybridized carbons (Fsp3) is 0.167. The van der Waals surface area contributed by atoms with Crippen molar-refractivity contribution in [2.45, 2.75) is 13.3 Å². The first-order valence-corrected chi connectivity index (χ1v) is 9.68. The van der Waals surface area contributed by atoms with E-state index < -0.39 is 0 Å². The molecule has 2 heterocycles. The summed E-state index contributed by atoms with van der Waals surface area (Å²) in [5.74, 6) is -0.550. The van der Waals surface area contributed by atoms with Crippen LogP contribution in [0.4, 0.5) is 11.4 Å². The third kappa shape index (κ3) is 3.05. The van der Waals surface area contributed by atoms with Gasteiger partial charge in [0.2, 0.25) is 11.8 Å². The molecule has 5 nitrogen and oxygen atoms in total. The zero-order chi connectivity index (χ0) is 20.0. The first-order chi connectivity index (χ1) is 14.1. The van der Waals surface area contributed by atoms with E-state index in [4.69, 9.17) is 4.42 Å². The molecule has 0 aliphatic carbocycles. The average molecular weight is 384 g/mol. The second-order valence-electron chi connectivity index (χ2n) is 7.49. The normalized spacial score (nSPS) is 16.7. The Balaban J connectivity index is 1.36. The molecule has 4 aromatic rings. The zero-order valence-electron chi connectivity index (χ0n) is 16.0. The first kappa shape index (κ1) is 17.5. The number of aryl methyl sites for hydroxylation is 1. The van der Waals surface area contributed by atoms with Crippen LogP contribution in [-0.4, -0.2) is 18.4 Å². The average Bonchev–Trinajstić information content (AvgIpc) is 3.28. The lowest BCUT2D eigenvalue weighted by Gasteiger charge is -2.19. The molecule has 1 atom stereocenters. The molecule has 0 spiro atoms. The number of hydrogen-bond acceptors (Lipinski definition) is 3. The second-order valence-corrected chi connectivity index (χ2v) is 7.49. The number of anilines is 2. The van der Waals surface area contributed by atoms with Crippen molar-refractivity contribution in [3.8, 4) is 0 Å². The van der Waals surface area contributed by atoms with Crippen molar-refractivity contribution in [2.24, 2.45) is 5.92 Å². The van der Waals surface area contributed by atoms with E-state index in [2.05, 4.69) is 5.32 Å². The van der Waals surface area contributed by atoms with Gasteiger partial charge in [-0.1, -0.05) is 36.4 Å². The van der Waals surface area contributed by atoms with E-state index in [1.807, 2.05) is 73.7 Å². The van der Waals surface area contributed by atoms with Crippen LogP contribution in [0.15, 0.2) is 71.1 Å². The van der Waals surface area contributed by atoms with Gasteiger partial charge in [0.25, 0.3) is 0 Å². The minimum absolute atomic E-state index is 0.0211. The van der Waals surface area contributed by atoms with Gasteiger partial charge in [-0.05, 0) is 36.8 Å². The molecule has 0 saturated carbocycles. The number of benzene rings is 3. The summed E-state index contributed by atoms with van der Waals surface area (Å²) in [5, 5.41) is 5.02. The molecule has 1 aliphatic heterocycles. The summed E-state index contributed by atoms with van der Waals surface area (Å²) in [5.41, 5.74) is 4.12. The van der Waals surface area contributed by atoms with E-state index in [1.54, 1.807) is 4.90 Å². The lowest BCUT2D eigenvalue weighted by atomic mass is 10.1. The molecule has 1 aliphatic rings. The highest BCUT2D eigenvalue weighted by Gasteiger charge is 2.35. The summed E-state index contributed by atoms with van der Waals surface area (Å²) in [7, 11) is 0. The SMILES string of the molecule is Cc1ccccc1N1C[C@@H](C(=O)Nc2ccc3c(c2)oc2ccccc23)CC1=O. The van der Waals surface area contributed by atoms with Crippen LogP contribution >= 0.6 is 0 Å². The zero-order valence-corrected chi connectivity index (χ0v) is 16.0. The Morgan fingerprint density at radius 1 is 1.00 bits per heavy atom. The second kappa shape index (κ2) is 6.78. The van der Waals surface area contributed by atoms with Gasteiger partial charge in [0.05, 0.1) is 5.92 Å². The number of rotatable bonds is 3. The number of furan rings is 1. The van der Waals surface area contributed by atoms with Crippen molar-refractivity contribution in [2.75, 3.05) is 16.8 Å². The van der Waals surface area contributed by atoms with Crippen LogP contribution in [-0.2, 0) is 9.59 Å². The monoisotopic (exact) mass is 384 g/mol. The molecule has 2 amide bonds. The number of amides is 2. The fourth-order valence-corrected chi connectivity index (χ4v) is 4.03. The van der Waals surface area contributed by atoms with Crippen molar-refractivity contribution < 1.29 is 14.0 Å². The molecule has 5 heteroatoms. The predicted molar refractivity (Wildman–Crippen MR) is 114 cm³/mol. The summed E-state index contributed by atoms with van der Waals surface area (Å²) in [4.78, 5) is 27.0. The van der Waals surface area contributed by atoms with Gasteiger partial charge in [-0.25, -0.2) is 0 Å². The van der Waals surface area contributed by atoms with Crippen LogP contribution < -0.4 is 10.2 Å². The molecule has 1 fully saturated rings. The Labute approximate surface area is 167 Å². The topological polar surface area (TPSA) is 62.6 Å². The predicted octanol–water partition coefficient (Wildman–Crippen LogP) is 4.89. The summed E-state index contributed by atoms with van der Waals surface area (Å²) in [6, 6.07) is 21.3. The molecule has 1 aromatic heterocycles. The highest BCUT2D eigenvalue weighted by molar-refractivity contribution is 6.07. The molecule has 1 saturated heterocycles. The van der Waals surface area contributed by atoms with E-state index in [0.717, 1.165) is 33.2 Å². The summed E-state index contributed by atoms with van der Waals surface area (Å²) in [6.07, 6.45) is 0.215. The van der Waals surface area contributed by atoms with Crippen molar-refractivity contribution in [3.63, 3.8) is 0 Å². The Morgan fingerprint density at radius 3 is 2.62 bits per heavy atom. The molecule has 29 heavy (non-hydrogen) atoms. The Kier molecular flexibility index (Phi) is 4.09. The van der Waals surface area contributed by atoms with E-state index in [0.29, 0.717) is 12.2 Å². The van der Waals surface area contributed by atoms with Crippen molar-refractivity contribution in [3.05, 3.63) is 72.3 Å². The summed E-state index contributed by atoms with van der Waals surface area (Å²) >= 11 is 0. The molecule has 0 radical (unpaired) electrons. The van der Waals surface area contributed by atoms with Gasteiger partial charge < -0.3 is 14.6 Å². The molecular weight excluding hydrogens is 364 g/mol. The van der Waals surface area contributed by atoms with Crippen molar-refractivity contribution in [1.82, 2.24) is 0 Å². The van der Waals surface area contributed by atoms with Crippen LogP contribution in [0.5, 0.6) is 0 Å². The molecule has 0 bridgehead atoms. The summed E-state index contributed by atoms with van der Waals surface area (Å²) in [6.45, 7) is 2.36.